The summed E-state index contributed by atoms with van der Waals surface area (Å²) in [5, 5.41) is 16.8. The molecule has 1 amide bonds. The number of para-hydroxylation sites is 1. The van der Waals surface area contributed by atoms with Gasteiger partial charge in [0.1, 0.15) is 17.7 Å². The van der Waals surface area contributed by atoms with Crippen LogP contribution in [0.25, 0.3) is 5.69 Å². The van der Waals surface area contributed by atoms with E-state index in [1.807, 2.05) is 0 Å². The Morgan fingerprint density at radius 3 is 2.95 bits per heavy atom. The lowest BCUT2D eigenvalue weighted by molar-refractivity contribution is -0.384. The standard InChI is InChI=1S/C11H8FN4O3/c1-7(17)13-11-10(16(18)19)6-15(14-11)9-5-3-2-4-8(9)12/h2-4,6H,1H3,(H,13,14,17). The van der Waals surface area contributed by atoms with Gasteiger partial charge in [-0.15, -0.1) is 5.10 Å². The van der Waals surface area contributed by atoms with E-state index in [0.717, 1.165) is 10.9 Å². The Morgan fingerprint density at radius 1 is 1.63 bits per heavy atom. The van der Waals surface area contributed by atoms with E-state index in [-0.39, 0.29) is 11.5 Å². The molecule has 2 aromatic rings. The van der Waals surface area contributed by atoms with Gasteiger partial charge in [-0.1, -0.05) is 12.1 Å². The molecule has 0 saturated heterocycles. The lowest BCUT2D eigenvalue weighted by Gasteiger charge is -2.00. The number of anilines is 1. The van der Waals surface area contributed by atoms with Gasteiger partial charge in [-0.3, -0.25) is 14.9 Å². The molecule has 0 aliphatic rings. The Labute approximate surface area is 106 Å². The van der Waals surface area contributed by atoms with E-state index in [9.17, 15) is 19.3 Å². The quantitative estimate of drug-likeness (QED) is 0.673. The monoisotopic (exact) mass is 263 g/mol. The largest absolute Gasteiger partial charge is 0.331 e. The van der Waals surface area contributed by atoms with Gasteiger partial charge in [0.25, 0.3) is 0 Å². The number of aromatic nitrogens is 2. The number of hydrogen-bond acceptors (Lipinski definition) is 4. The van der Waals surface area contributed by atoms with Crippen molar-refractivity contribution in [3.8, 4) is 5.69 Å². The first-order chi connectivity index (χ1) is 8.99. The molecule has 2 rings (SSSR count). The molecule has 19 heavy (non-hydrogen) atoms. The maximum atomic E-state index is 13.5. The number of nitro groups is 1. The maximum absolute atomic E-state index is 13.5. The summed E-state index contributed by atoms with van der Waals surface area (Å²) >= 11 is 0. The van der Waals surface area contributed by atoms with Crippen LogP contribution in [0.15, 0.2) is 24.4 Å². The lowest BCUT2D eigenvalue weighted by Crippen LogP contribution is -2.08. The van der Waals surface area contributed by atoms with Crippen molar-refractivity contribution in [3.05, 3.63) is 46.4 Å². The van der Waals surface area contributed by atoms with Crippen molar-refractivity contribution in [2.45, 2.75) is 6.92 Å². The fourth-order valence-electron chi connectivity index (χ4n) is 1.45. The number of rotatable bonds is 3. The molecule has 7 nitrogen and oxygen atoms in total. The number of nitrogens with zero attached hydrogens (tertiary/aromatic N) is 3. The predicted octanol–water partition coefficient (Wildman–Crippen LogP) is 1.68. The number of nitrogens with one attached hydrogen (secondary N) is 1. The minimum absolute atomic E-state index is 0.0674. The van der Waals surface area contributed by atoms with Crippen molar-refractivity contribution < 1.29 is 14.1 Å². The molecule has 0 bridgehead atoms. The van der Waals surface area contributed by atoms with Crippen LogP contribution < -0.4 is 5.32 Å². The zero-order chi connectivity index (χ0) is 14.0. The summed E-state index contributed by atoms with van der Waals surface area (Å²) in [6.45, 7) is 1.19. The first kappa shape index (κ1) is 12.7. The van der Waals surface area contributed by atoms with Crippen LogP contribution in [-0.2, 0) is 4.79 Å². The third kappa shape index (κ3) is 2.57. The number of hydrogen-bond donors (Lipinski definition) is 1. The second-order valence-corrected chi connectivity index (χ2v) is 3.61. The van der Waals surface area contributed by atoms with E-state index >= 15 is 0 Å². The average Bonchev–Trinajstić information content (AvgIpc) is 2.72. The van der Waals surface area contributed by atoms with E-state index in [2.05, 4.69) is 16.5 Å². The van der Waals surface area contributed by atoms with E-state index < -0.39 is 22.3 Å². The van der Waals surface area contributed by atoms with Gasteiger partial charge in [-0.05, 0) is 6.07 Å². The zero-order valence-corrected chi connectivity index (χ0v) is 9.75. The van der Waals surface area contributed by atoms with Gasteiger partial charge in [0.05, 0.1) is 4.92 Å². The van der Waals surface area contributed by atoms with Gasteiger partial charge in [0.15, 0.2) is 0 Å². The Bertz CT molecular complexity index is 653. The molecule has 8 heteroatoms. The van der Waals surface area contributed by atoms with Crippen LogP contribution in [0, 0.1) is 22.0 Å². The van der Waals surface area contributed by atoms with Crippen LogP contribution in [0.1, 0.15) is 6.92 Å². The minimum atomic E-state index is -0.713. The molecule has 1 aromatic heterocycles. The van der Waals surface area contributed by atoms with Crippen LogP contribution >= 0.6 is 0 Å². The molecule has 0 spiro atoms. The summed E-state index contributed by atoms with van der Waals surface area (Å²) in [6, 6.07) is 6.64. The number of halogens is 1. The van der Waals surface area contributed by atoms with Crippen molar-refractivity contribution >= 4 is 17.4 Å². The van der Waals surface area contributed by atoms with Crippen LogP contribution in [0.3, 0.4) is 0 Å². The molecule has 1 aromatic carbocycles. The highest BCUT2D eigenvalue weighted by Gasteiger charge is 2.21. The summed E-state index contributed by atoms with van der Waals surface area (Å²) in [4.78, 5) is 21.1. The summed E-state index contributed by atoms with van der Waals surface area (Å²) in [6.07, 6.45) is 1.01. The van der Waals surface area contributed by atoms with Crippen LogP contribution in [0.5, 0.6) is 0 Å². The third-order valence-electron chi connectivity index (χ3n) is 2.20. The highest BCUT2D eigenvalue weighted by atomic mass is 19.1. The first-order valence-electron chi connectivity index (χ1n) is 5.17. The van der Waals surface area contributed by atoms with E-state index in [1.54, 1.807) is 0 Å². The fourth-order valence-corrected chi connectivity index (χ4v) is 1.45. The highest BCUT2D eigenvalue weighted by molar-refractivity contribution is 5.89. The molecule has 0 saturated carbocycles. The maximum Gasteiger partial charge on any atom is 0.331 e. The number of carbonyl (C=O) groups excluding carboxylic acids is 1. The van der Waals surface area contributed by atoms with E-state index in [4.69, 9.17) is 0 Å². The summed E-state index contributed by atoms with van der Waals surface area (Å²) in [5.74, 6) is -1.38. The molecule has 0 aliphatic carbocycles. The molecule has 0 aliphatic heterocycles. The Kier molecular flexibility index (Phi) is 3.23. The predicted molar refractivity (Wildman–Crippen MR) is 63.3 cm³/mol. The molecule has 1 heterocycles. The van der Waals surface area contributed by atoms with Crippen molar-refractivity contribution in [2.24, 2.45) is 0 Å². The van der Waals surface area contributed by atoms with Crippen molar-refractivity contribution in [1.82, 2.24) is 9.78 Å². The SMILES string of the molecule is CC(=O)Nc1nn(-c2[c]cccc2F)cc1[N+](=O)[O-]. The molecule has 0 fully saturated rings. The van der Waals surface area contributed by atoms with Gasteiger partial charge in [0, 0.05) is 13.0 Å². The average molecular weight is 263 g/mol. The van der Waals surface area contributed by atoms with Crippen molar-refractivity contribution in [1.29, 1.82) is 0 Å². The normalized spacial score (nSPS) is 10.2. The molecule has 97 valence electrons. The van der Waals surface area contributed by atoms with E-state index in [0.29, 0.717) is 0 Å². The van der Waals surface area contributed by atoms with E-state index in [1.165, 1.54) is 25.1 Å². The van der Waals surface area contributed by atoms with Crippen LogP contribution in [0.2, 0.25) is 0 Å². The summed E-state index contributed by atoms with van der Waals surface area (Å²) < 4.78 is 14.5. The van der Waals surface area contributed by atoms with Gasteiger partial charge in [-0.25, -0.2) is 9.07 Å². The Hall–Kier alpha value is -2.77. The molecular formula is C11H8FN4O3. The molecule has 0 unspecified atom stereocenters. The number of carbonyl (C=O) groups is 1. The Balaban J connectivity index is 2.52. The first-order valence-corrected chi connectivity index (χ1v) is 5.17. The zero-order valence-electron chi connectivity index (χ0n) is 9.75. The topological polar surface area (TPSA) is 90.1 Å². The minimum Gasteiger partial charge on any atom is -0.304 e. The van der Waals surface area contributed by atoms with Gasteiger partial charge in [0.2, 0.25) is 11.7 Å². The second-order valence-electron chi connectivity index (χ2n) is 3.61. The van der Waals surface area contributed by atoms with Crippen molar-refractivity contribution in [2.75, 3.05) is 5.32 Å². The lowest BCUT2D eigenvalue weighted by atomic mass is 10.3. The van der Waals surface area contributed by atoms with Crippen LogP contribution in [-0.4, -0.2) is 20.6 Å². The fraction of sp³-hybridized carbons (Fsp3) is 0.0909. The Morgan fingerprint density at radius 2 is 2.37 bits per heavy atom. The van der Waals surface area contributed by atoms with Gasteiger partial charge < -0.3 is 5.32 Å². The molecule has 1 radical (unpaired) electrons. The molecule has 0 atom stereocenters. The third-order valence-corrected chi connectivity index (χ3v) is 2.20. The molecular weight excluding hydrogens is 255 g/mol. The van der Waals surface area contributed by atoms with Crippen LogP contribution in [0.4, 0.5) is 15.9 Å². The second kappa shape index (κ2) is 4.84. The summed E-state index contributed by atoms with van der Waals surface area (Å²) in [7, 11) is 0. The van der Waals surface area contributed by atoms with Crippen molar-refractivity contribution in [3.63, 3.8) is 0 Å². The summed E-state index contributed by atoms with van der Waals surface area (Å²) in [5.41, 5.74) is -0.492. The van der Waals surface area contributed by atoms with Gasteiger partial charge in [-0.2, -0.15) is 0 Å². The number of amides is 1. The number of benzene rings is 1. The highest BCUT2D eigenvalue weighted by Crippen LogP contribution is 2.24. The smallest absolute Gasteiger partial charge is 0.304 e. The molecule has 1 N–H and O–H groups in total. The van der Waals surface area contributed by atoms with Gasteiger partial charge >= 0.3 is 5.69 Å².